The average Bonchev–Trinajstić information content (AvgIpc) is 2.87. The highest BCUT2D eigenvalue weighted by molar-refractivity contribution is 7.19. The topological polar surface area (TPSA) is 12.9 Å². The van der Waals surface area contributed by atoms with Gasteiger partial charge in [0.15, 0.2) is 0 Å². The van der Waals surface area contributed by atoms with Crippen LogP contribution >= 0.6 is 11.3 Å². The number of fused-ring (bicyclic) bond motifs is 3. The third-order valence-corrected chi connectivity index (χ3v) is 5.26. The number of pyridine rings is 1. The average molecular weight is 265 g/mol. The standard InChI is InChI=1S/C17H15NS/c1-2-10-16-12(6-1)13-7-5-8-14(17(13)19-16)15-9-3-4-11-18-15/h3-5,7-9,11H,1-2,6,10H2. The van der Waals surface area contributed by atoms with Crippen LogP contribution in [0.4, 0.5) is 0 Å². The predicted octanol–water partition coefficient (Wildman–Crippen LogP) is 4.84. The van der Waals surface area contributed by atoms with E-state index in [1.165, 1.54) is 41.3 Å². The predicted molar refractivity (Wildman–Crippen MR) is 81.7 cm³/mol. The molecule has 0 N–H and O–H groups in total. The number of aromatic nitrogens is 1. The molecule has 0 unspecified atom stereocenters. The summed E-state index contributed by atoms with van der Waals surface area (Å²) in [4.78, 5) is 6.11. The zero-order valence-corrected chi connectivity index (χ0v) is 11.5. The van der Waals surface area contributed by atoms with Crippen LogP contribution in [-0.2, 0) is 12.8 Å². The van der Waals surface area contributed by atoms with E-state index in [4.69, 9.17) is 0 Å². The van der Waals surface area contributed by atoms with Gasteiger partial charge in [-0.2, -0.15) is 0 Å². The Morgan fingerprint density at radius 2 is 1.89 bits per heavy atom. The molecule has 1 aliphatic carbocycles. The smallest absolute Gasteiger partial charge is 0.0716 e. The number of thiophene rings is 1. The molecule has 94 valence electrons. The molecule has 2 heterocycles. The maximum atomic E-state index is 4.51. The molecule has 2 aromatic heterocycles. The van der Waals surface area contributed by atoms with Gasteiger partial charge in [0.2, 0.25) is 0 Å². The maximum absolute atomic E-state index is 4.51. The molecule has 4 rings (SSSR count). The van der Waals surface area contributed by atoms with Crippen molar-refractivity contribution in [3.8, 4) is 11.3 Å². The number of benzene rings is 1. The van der Waals surface area contributed by atoms with Crippen molar-refractivity contribution < 1.29 is 0 Å². The molecule has 0 radical (unpaired) electrons. The molecule has 0 aliphatic heterocycles. The molecule has 0 saturated carbocycles. The molecule has 0 bridgehead atoms. The molecule has 0 amide bonds. The van der Waals surface area contributed by atoms with Crippen LogP contribution in [0.2, 0.25) is 0 Å². The first-order chi connectivity index (χ1) is 9.43. The molecule has 0 fully saturated rings. The van der Waals surface area contributed by atoms with Gasteiger partial charge >= 0.3 is 0 Å². The molecular formula is C17H15NS. The number of rotatable bonds is 1. The fraction of sp³-hybridized carbons (Fsp3) is 0.235. The van der Waals surface area contributed by atoms with Gasteiger partial charge < -0.3 is 0 Å². The molecule has 1 nitrogen and oxygen atoms in total. The number of hydrogen-bond acceptors (Lipinski definition) is 2. The van der Waals surface area contributed by atoms with Crippen LogP contribution < -0.4 is 0 Å². The van der Waals surface area contributed by atoms with E-state index >= 15 is 0 Å². The first-order valence-corrected chi connectivity index (χ1v) is 7.70. The third-order valence-electron chi connectivity index (χ3n) is 3.92. The Morgan fingerprint density at radius 3 is 2.79 bits per heavy atom. The number of nitrogens with zero attached hydrogens (tertiary/aromatic N) is 1. The SMILES string of the molecule is c1ccc(-c2cccc3c4c(sc23)CCCC4)nc1. The van der Waals surface area contributed by atoms with Crippen molar-refractivity contribution in [1.29, 1.82) is 0 Å². The fourth-order valence-electron chi connectivity index (χ4n) is 3.01. The molecule has 0 spiro atoms. The molecule has 1 aliphatic rings. The zero-order chi connectivity index (χ0) is 12.7. The molecular weight excluding hydrogens is 250 g/mol. The van der Waals surface area contributed by atoms with Gasteiger partial charge in [0, 0.05) is 21.3 Å². The second-order valence-corrected chi connectivity index (χ2v) is 6.21. The Hall–Kier alpha value is -1.67. The lowest BCUT2D eigenvalue weighted by Crippen LogP contribution is -1.97. The van der Waals surface area contributed by atoms with Gasteiger partial charge in [0.05, 0.1) is 5.69 Å². The zero-order valence-electron chi connectivity index (χ0n) is 10.7. The summed E-state index contributed by atoms with van der Waals surface area (Å²) >= 11 is 1.98. The van der Waals surface area contributed by atoms with Crippen molar-refractivity contribution in [2.24, 2.45) is 0 Å². The summed E-state index contributed by atoms with van der Waals surface area (Å²) in [5.74, 6) is 0. The Bertz CT molecular complexity index is 728. The van der Waals surface area contributed by atoms with Gasteiger partial charge in [-0.05, 0) is 48.8 Å². The van der Waals surface area contributed by atoms with Gasteiger partial charge in [-0.15, -0.1) is 11.3 Å². The monoisotopic (exact) mass is 265 g/mol. The molecule has 3 aromatic rings. The van der Waals surface area contributed by atoms with E-state index in [9.17, 15) is 0 Å². The van der Waals surface area contributed by atoms with Gasteiger partial charge in [0.25, 0.3) is 0 Å². The van der Waals surface area contributed by atoms with Crippen molar-refractivity contribution in [1.82, 2.24) is 4.98 Å². The van der Waals surface area contributed by atoms with Gasteiger partial charge in [-0.3, -0.25) is 4.98 Å². The fourth-order valence-corrected chi connectivity index (χ4v) is 4.42. The van der Waals surface area contributed by atoms with Crippen LogP contribution in [0.15, 0.2) is 42.6 Å². The van der Waals surface area contributed by atoms with Crippen molar-refractivity contribution in [3.63, 3.8) is 0 Å². The normalized spacial score (nSPS) is 14.5. The van der Waals surface area contributed by atoms with E-state index in [0.29, 0.717) is 0 Å². The third kappa shape index (κ3) is 1.79. The van der Waals surface area contributed by atoms with Crippen molar-refractivity contribution in [3.05, 3.63) is 53.0 Å². The maximum Gasteiger partial charge on any atom is 0.0716 e. The summed E-state index contributed by atoms with van der Waals surface area (Å²) in [6.45, 7) is 0. The van der Waals surface area contributed by atoms with Crippen molar-refractivity contribution >= 4 is 21.4 Å². The first kappa shape index (κ1) is 11.2. The summed E-state index contributed by atoms with van der Waals surface area (Å²) < 4.78 is 1.42. The lowest BCUT2D eigenvalue weighted by atomic mass is 9.95. The van der Waals surface area contributed by atoms with Crippen LogP contribution in [0.1, 0.15) is 23.3 Å². The van der Waals surface area contributed by atoms with Crippen LogP contribution in [-0.4, -0.2) is 4.98 Å². The van der Waals surface area contributed by atoms with Gasteiger partial charge in [-0.25, -0.2) is 0 Å². The van der Waals surface area contributed by atoms with Crippen molar-refractivity contribution in [2.75, 3.05) is 0 Å². The lowest BCUT2D eigenvalue weighted by molar-refractivity contribution is 0.700. The van der Waals surface area contributed by atoms with Crippen LogP contribution in [0.5, 0.6) is 0 Å². The van der Waals surface area contributed by atoms with E-state index in [-0.39, 0.29) is 0 Å². The van der Waals surface area contributed by atoms with E-state index in [0.717, 1.165) is 5.69 Å². The van der Waals surface area contributed by atoms with Crippen molar-refractivity contribution in [2.45, 2.75) is 25.7 Å². The second-order valence-electron chi connectivity index (χ2n) is 5.11. The molecule has 2 heteroatoms. The Labute approximate surface area is 116 Å². The van der Waals surface area contributed by atoms with Gasteiger partial charge in [0.1, 0.15) is 0 Å². The van der Waals surface area contributed by atoms with E-state index in [1.54, 1.807) is 10.4 Å². The van der Waals surface area contributed by atoms with Crippen LogP contribution in [0.3, 0.4) is 0 Å². The largest absolute Gasteiger partial charge is 0.256 e. The minimum atomic E-state index is 1.09. The minimum absolute atomic E-state index is 1.09. The molecule has 19 heavy (non-hydrogen) atoms. The van der Waals surface area contributed by atoms with E-state index in [1.807, 2.05) is 23.6 Å². The number of hydrogen-bond donors (Lipinski definition) is 0. The van der Waals surface area contributed by atoms with E-state index in [2.05, 4.69) is 35.3 Å². The Balaban J connectivity index is 2.00. The quantitative estimate of drug-likeness (QED) is 0.613. The first-order valence-electron chi connectivity index (χ1n) is 6.88. The van der Waals surface area contributed by atoms with Crippen LogP contribution in [0, 0.1) is 0 Å². The highest BCUT2D eigenvalue weighted by Gasteiger charge is 2.17. The summed E-state index contributed by atoms with van der Waals surface area (Å²) in [6, 6.07) is 12.8. The summed E-state index contributed by atoms with van der Waals surface area (Å²) in [6.07, 6.45) is 7.07. The lowest BCUT2D eigenvalue weighted by Gasteiger charge is -2.10. The van der Waals surface area contributed by atoms with Gasteiger partial charge in [-0.1, -0.05) is 24.3 Å². The number of aryl methyl sites for hydroxylation is 2. The molecule has 0 saturated heterocycles. The summed E-state index contributed by atoms with van der Waals surface area (Å²) in [5, 5.41) is 1.46. The highest BCUT2D eigenvalue weighted by Crippen LogP contribution is 2.40. The Morgan fingerprint density at radius 1 is 0.947 bits per heavy atom. The van der Waals surface area contributed by atoms with Crippen LogP contribution in [0.25, 0.3) is 21.3 Å². The van der Waals surface area contributed by atoms with E-state index < -0.39 is 0 Å². The molecule has 1 aromatic carbocycles. The molecule has 0 atom stereocenters. The summed E-state index contributed by atoms with van der Waals surface area (Å²) in [7, 11) is 0. The highest BCUT2D eigenvalue weighted by atomic mass is 32.1. The minimum Gasteiger partial charge on any atom is -0.256 e. The second kappa shape index (κ2) is 4.46. The summed E-state index contributed by atoms with van der Waals surface area (Å²) in [5.41, 5.74) is 3.98. The Kier molecular flexibility index (Phi) is 2.63.